The molecule has 0 unspecified atom stereocenters. The van der Waals surface area contributed by atoms with Crippen LogP contribution in [0.3, 0.4) is 0 Å². The van der Waals surface area contributed by atoms with E-state index in [9.17, 15) is 9.90 Å². The van der Waals surface area contributed by atoms with Gasteiger partial charge in [0.1, 0.15) is 0 Å². The Kier molecular flexibility index (Phi) is 3.58. The molecule has 0 radical (unpaired) electrons. The summed E-state index contributed by atoms with van der Waals surface area (Å²) in [5.41, 5.74) is 1.93. The van der Waals surface area contributed by atoms with Crippen LogP contribution in [0.2, 0.25) is 0 Å². The van der Waals surface area contributed by atoms with Crippen molar-refractivity contribution in [3.8, 4) is 0 Å². The molecule has 3 heteroatoms. The summed E-state index contributed by atoms with van der Waals surface area (Å²) in [7, 11) is 0. The minimum Gasteiger partial charge on any atom is -0.465 e. The van der Waals surface area contributed by atoms with Crippen LogP contribution in [0, 0.1) is 50.7 Å². The summed E-state index contributed by atoms with van der Waals surface area (Å²) in [6, 6.07) is 0. The summed E-state index contributed by atoms with van der Waals surface area (Å²) in [4.78, 5) is 11.8. The molecule has 1 heterocycles. The van der Waals surface area contributed by atoms with Gasteiger partial charge in [-0.3, -0.25) is 4.79 Å². The monoisotopic (exact) mass is 400 g/mol. The van der Waals surface area contributed by atoms with Crippen molar-refractivity contribution in [1.29, 1.82) is 0 Å². The van der Waals surface area contributed by atoms with Gasteiger partial charge < -0.3 is 9.84 Å². The highest BCUT2D eigenvalue weighted by Gasteiger charge is 2.82. The predicted octanol–water partition coefficient (Wildman–Crippen LogP) is 5.35. The number of cyclic esters (lactones) is 1. The molecule has 6 aliphatic rings. The Hall–Kier alpha value is -0.570. The summed E-state index contributed by atoms with van der Waals surface area (Å²) in [5, 5.41) is 10.8. The van der Waals surface area contributed by atoms with Gasteiger partial charge in [-0.2, -0.15) is 0 Å². The average molecular weight is 401 g/mol. The van der Waals surface area contributed by atoms with Gasteiger partial charge in [-0.15, -0.1) is 0 Å². The lowest BCUT2D eigenvalue weighted by atomic mass is 9.41. The highest BCUT2D eigenvalue weighted by Crippen LogP contribution is 2.89. The van der Waals surface area contributed by atoms with Crippen molar-refractivity contribution in [2.75, 3.05) is 6.61 Å². The third kappa shape index (κ3) is 1.99. The molecule has 29 heavy (non-hydrogen) atoms. The molecule has 1 N–H and O–H groups in total. The van der Waals surface area contributed by atoms with Gasteiger partial charge in [0.15, 0.2) is 0 Å². The van der Waals surface area contributed by atoms with E-state index in [1.54, 1.807) is 0 Å². The predicted molar refractivity (Wildman–Crippen MR) is 112 cm³/mol. The minimum absolute atomic E-state index is 0.0316. The Labute approximate surface area is 176 Å². The Morgan fingerprint density at radius 1 is 0.862 bits per heavy atom. The zero-order valence-electron chi connectivity index (χ0n) is 18.9. The van der Waals surface area contributed by atoms with Gasteiger partial charge in [-0.05, 0) is 103 Å². The molecule has 3 nitrogen and oxygen atoms in total. The van der Waals surface area contributed by atoms with Gasteiger partial charge in [0, 0.05) is 5.92 Å². The number of carbonyl (C=O) groups is 1. The maximum atomic E-state index is 11.8. The highest BCUT2D eigenvalue weighted by molar-refractivity contribution is 5.71. The molecule has 5 saturated carbocycles. The second kappa shape index (κ2) is 5.43. The zero-order valence-corrected chi connectivity index (χ0v) is 18.9. The van der Waals surface area contributed by atoms with Crippen molar-refractivity contribution < 1.29 is 14.6 Å². The number of ether oxygens (including phenoxy) is 1. The number of hydrogen-bond acceptors (Lipinski definition) is 3. The smallest absolute Gasteiger partial charge is 0.306 e. The summed E-state index contributed by atoms with van der Waals surface area (Å²) in [6.07, 6.45) is 12.3. The third-order valence-electron chi connectivity index (χ3n) is 12.6. The fourth-order valence-corrected chi connectivity index (χ4v) is 10.9. The largest absolute Gasteiger partial charge is 0.465 e. The Balaban J connectivity index is 1.35. The topological polar surface area (TPSA) is 46.5 Å². The van der Waals surface area contributed by atoms with E-state index in [-0.39, 0.29) is 17.5 Å². The lowest BCUT2D eigenvalue weighted by Gasteiger charge is -2.63. The number of carbonyl (C=O) groups excluding carboxylic acids is 1. The maximum Gasteiger partial charge on any atom is 0.306 e. The number of rotatable bonds is 1. The number of fused-ring (bicyclic) bond motifs is 2. The number of esters is 1. The molecule has 9 atom stereocenters. The van der Waals surface area contributed by atoms with Crippen molar-refractivity contribution in [3.05, 3.63) is 0 Å². The maximum absolute atomic E-state index is 11.8. The minimum atomic E-state index is -0.118. The quantitative estimate of drug-likeness (QED) is 0.604. The molecule has 0 amide bonds. The van der Waals surface area contributed by atoms with Crippen LogP contribution in [-0.2, 0) is 9.53 Å². The van der Waals surface area contributed by atoms with E-state index >= 15 is 0 Å². The molecule has 162 valence electrons. The zero-order chi connectivity index (χ0) is 20.4. The van der Waals surface area contributed by atoms with Crippen LogP contribution < -0.4 is 0 Å². The molecule has 6 fully saturated rings. The van der Waals surface area contributed by atoms with Gasteiger partial charge >= 0.3 is 5.97 Å². The summed E-state index contributed by atoms with van der Waals surface area (Å²) >= 11 is 0. The third-order valence-corrected chi connectivity index (χ3v) is 12.6. The standard InChI is InChI=1S/C26H40O3/c1-22(2)18-5-6-19-24(4)9-7-17(16-13-21(28)29-14-16)23(24,3)11-12-26(19)15-25(18,26)10-8-20(22)27/h16-20,27H,5-15H2,1-4H3/t16-,17+,18-,19-,20-,23+,24-,25+,26-/m0/s1. The van der Waals surface area contributed by atoms with Crippen molar-refractivity contribution in [3.63, 3.8) is 0 Å². The molecule has 0 aromatic rings. The number of aliphatic hydroxyl groups is 1. The van der Waals surface area contributed by atoms with Crippen LogP contribution in [0.5, 0.6) is 0 Å². The molecule has 6 rings (SSSR count). The number of aliphatic hydroxyl groups excluding tert-OH is 1. The van der Waals surface area contributed by atoms with Crippen LogP contribution >= 0.6 is 0 Å². The first-order valence-corrected chi connectivity index (χ1v) is 12.4. The van der Waals surface area contributed by atoms with Gasteiger partial charge in [-0.25, -0.2) is 0 Å². The average Bonchev–Trinajstić information content (AvgIpc) is 3.00. The lowest BCUT2D eigenvalue weighted by Crippen LogP contribution is -2.57. The first-order chi connectivity index (χ1) is 13.6. The van der Waals surface area contributed by atoms with Crippen molar-refractivity contribution in [2.45, 2.75) is 98.0 Å². The van der Waals surface area contributed by atoms with E-state index in [1.165, 1.54) is 51.4 Å². The lowest BCUT2D eigenvalue weighted by molar-refractivity contribution is -0.161. The second-order valence-electron chi connectivity index (χ2n) is 13.2. The molecular weight excluding hydrogens is 360 g/mol. The Morgan fingerprint density at radius 2 is 1.59 bits per heavy atom. The summed E-state index contributed by atoms with van der Waals surface area (Å²) in [6.45, 7) is 10.6. The molecule has 0 aromatic carbocycles. The number of hydrogen-bond donors (Lipinski definition) is 1. The van der Waals surface area contributed by atoms with Crippen LogP contribution in [0.25, 0.3) is 0 Å². The molecule has 0 aromatic heterocycles. The fourth-order valence-electron chi connectivity index (χ4n) is 10.9. The van der Waals surface area contributed by atoms with Crippen LogP contribution in [0.4, 0.5) is 0 Å². The SMILES string of the molecule is CC1(C)[C@@H](O)CC[C@]23C[C@]24CC[C@]2(C)[C@@H]([C@@H]5COC(=O)C5)CC[C@@]2(C)[C@@H]4CC[C@@H]13. The van der Waals surface area contributed by atoms with E-state index in [1.807, 2.05) is 0 Å². The van der Waals surface area contributed by atoms with E-state index in [0.717, 1.165) is 12.3 Å². The Morgan fingerprint density at radius 3 is 2.31 bits per heavy atom. The van der Waals surface area contributed by atoms with Crippen LogP contribution in [0.1, 0.15) is 91.9 Å². The van der Waals surface area contributed by atoms with Crippen LogP contribution in [0.15, 0.2) is 0 Å². The van der Waals surface area contributed by atoms with Crippen molar-refractivity contribution in [1.82, 2.24) is 0 Å². The summed E-state index contributed by atoms with van der Waals surface area (Å²) in [5.74, 6) is 2.70. The fraction of sp³-hybridized carbons (Fsp3) is 0.962. The normalized spacial score (nSPS) is 59.9. The van der Waals surface area contributed by atoms with Gasteiger partial charge in [-0.1, -0.05) is 27.7 Å². The highest BCUT2D eigenvalue weighted by atomic mass is 16.5. The van der Waals surface area contributed by atoms with Crippen LogP contribution in [-0.4, -0.2) is 23.8 Å². The summed E-state index contributed by atoms with van der Waals surface area (Å²) < 4.78 is 5.41. The van der Waals surface area contributed by atoms with Crippen molar-refractivity contribution in [2.24, 2.45) is 50.7 Å². The molecule has 5 aliphatic carbocycles. The van der Waals surface area contributed by atoms with Crippen molar-refractivity contribution >= 4 is 5.97 Å². The Bertz CT molecular complexity index is 759. The molecular formula is C26H40O3. The van der Waals surface area contributed by atoms with Gasteiger partial charge in [0.2, 0.25) is 0 Å². The van der Waals surface area contributed by atoms with Gasteiger partial charge in [0.25, 0.3) is 0 Å². The molecule has 1 aliphatic heterocycles. The van der Waals surface area contributed by atoms with E-state index in [0.29, 0.717) is 52.4 Å². The first kappa shape index (κ1) is 19.1. The van der Waals surface area contributed by atoms with E-state index in [2.05, 4.69) is 27.7 Å². The van der Waals surface area contributed by atoms with Gasteiger partial charge in [0.05, 0.1) is 19.1 Å². The first-order valence-electron chi connectivity index (χ1n) is 12.4. The van der Waals surface area contributed by atoms with E-state index in [4.69, 9.17) is 4.74 Å². The molecule has 0 bridgehead atoms. The van der Waals surface area contributed by atoms with E-state index < -0.39 is 0 Å². The molecule has 1 saturated heterocycles. The molecule has 2 spiro atoms. The second-order valence-corrected chi connectivity index (χ2v) is 13.2.